The first-order valence-electron chi connectivity index (χ1n) is 7.67. The van der Waals surface area contributed by atoms with Gasteiger partial charge in [0.05, 0.1) is 7.11 Å². The minimum atomic E-state index is -0.530. The van der Waals surface area contributed by atoms with E-state index in [1.807, 2.05) is 26.0 Å². The highest BCUT2D eigenvalue weighted by Gasteiger charge is 2.25. The molecule has 3 rings (SSSR count). The van der Waals surface area contributed by atoms with Gasteiger partial charge < -0.3 is 14.6 Å². The van der Waals surface area contributed by atoms with Crippen molar-refractivity contribution in [3.8, 4) is 11.3 Å². The molecule has 1 N–H and O–H groups in total. The number of benzene rings is 2. The Morgan fingerprint density at radius 3 is 2.36 bits per heavy atom. The molecule has 0 saturated heterocycles. The van der Waals surface area contributed by atoms with Crippen molar-refractivity contribution < 1.29 is 14.1 Å². The maximum Gasteiger partial charge on any atom is 0.345 e. The summed E-state index contributed by atoms with van der Waals surface area (Å²) in [6.07, 6.45) is 0. The molecular formula is C19H17ClN2O3. The van der Waals surface area contributed by atoms with Crippen LogP contribution in [0.15, 0.2) is 47.0 Å². The molecule has 0 fully saturated rings. The summed E-state index contributed by atoms with van der Waals surface area (Å²) in [5.74, 6) is -0.292. The summed E-state index contributed by atoms with van der Waals surface area (Å²) in [5, 5.41) is 7.76. The molecule has 0 saturated carbocycles. The van der Waals surface area contributed by atoms with Crippen LogP contribution in [0.3, 0.4) is 0 Å². The number of halogens is 1. The molecule has 1 aromatic heterocycles. The smallest absolute Gasteiger partial charge is 0.345 e. The predicted octanol–water partition coefficient (Wildman–Crippen LogP) is 5.14. The zero-order valence-electron chi connectivity index (χ0n) is 14.1. The van der Waals surface area contributed by atoms with Crippen molar-refractivity contribution in [2.45, 2.75) is 13.8 Å². The number of hydrogen-bond donors (Lipinski definition) is 1. The molecule has 1 heterocycles. The van der Waals surface area contributed by atoms with Crippen LogP contribution in [0.4, 0.5) is 11.6 Å². The van der Waals surface area contributed by atoms with E-state index in [2.05, 4.69) is 16.5 Å². The maximum absolute atomic E-state index is 12.3. The third-order valence-electron chi connectivity index (χ3n) is 3.68. The zero-order valence-corrected chi connectivity index (χ0v) is 14.8. The molecule has 0 radical (unpaired) electrons. The van der Waals surface area contributed by atoms with Crippen molar-refractivity contribution in [2.24, 2.45) is 0 Å². The second-order valence-electron chi connectivity index (χ2n) is 5.74. The second-order valence-corrected chi connectivity index (χ2v) is 6.17. The monoisotopic (exact) mass is 356 g/mol. The largest absolute Gasteiger partial charge is 0.465 e. The summed E-state index contributed by atoms with van der Waals surface area (Å²) < 4.78 is 10.3. The first-order chi connectivity index (χ1) is 12.0. The summed E-state index contributed by atoms with van der Waals surface area (Å²) in [6, 6.07) is 13.0. The van der Waals surface area contributed by atoms with Crippen LogP contribution in [-0.2, 0) is 4.74 Å². The Morgan fingerprint density at radius 1 is 1.12 bits per heavy atom. The van der Waals surface area contributed by atoms with Gasteiger partial charge in [0.1, 0.15) is 5.69 Å². The van der Waals surface area contributed by atoms with Gasteiger partial charge in [0.2, 0.25) is 5.88 Å². The molecule has 0 amide bonds. The lowest BCUT2D eigenvalue weighted by atomic mass is 10.1. The molecule has 0 spiro atoms. The number of nitrogens with one attached hydrogen (secondary N) is 1. The molecule has 25 heavy (non-hydrogen) atoms. The van der Waals surface area contributed by atoms with Crippen LogP contribution in [0.25, 0.3) is 11.3 Å². The highest BCUT2D eigenvalue weighted by atomic mass is 35.5. The van der Waals surface area contributed by atoms with Crippen LogP contribution in [-0.4, -0.2) is 18.2 Å². The van der Waals surface area contributed by atoms with Crippen molar-refractivity contribution >= 4 is 29.1 Å². The quantitative estimate of drug-likeness (QED) is 0.655. The van der Waals surface area contributed by atoms with E-state index in [4.69, 9.17) is 20.9 Å². The number of aryl methyl sites for hydroxylation is 2. The van der Waals surface area contributed by atoms with Crippen LogP contribution < -0.4 is 5.32 Å². The molecule has 0 atom stereocenters. The number of hydrogen-bond acceptors (Lipinski definition) is 5. The van der Waals surface area contributed by atoms with E-state index in [1.54, 1.807) is 24.3 Å². The van der Waals surface area contributed by atoms with E-state index in [1.165, 1.54) is 7.11 Å². The minimum absolute atomic E-state index is 0.238. The van der Waals surface area contributed by atoms with E-state index in [0.717, 1.165) is 16.8 Å². The van der Waals surface area contributed by atoms with E-state index < -0.39 is 5.97 Å². The highest BCUT2D eigenvalue weighted by Crippen LogP contribution is 2.32. The summed E-state index contributed by atoms with van der Waals surface area (Å²) in [4.78, 5) is 12.3. The Labute approximate surface area is 150 Å². The van der Waals surface area contributed by atoms with Gasteiger partial charge in [-0.05, 0) is 49.2 Å². The third kappa shape index (κ3) is 3.67. The van der Waals surface area contributed by atoms with Crippen LogP contribution in [0, 0.1) is 13.8 Å². The molecule has 0 unspecified atom stereocenters. The molecule has 0 aliphatic carbocycles. The number of esters is 1. The lowest BCUT2D eigenvalue weighted by Crippen LogP contribution is -2.05. The Balaban J connectivity index is 2.05. The SMILES string of the molecule is COC(=O)c1c(-c2ccc(Cl)cc2)noc1Nc1cc(C)cc(C)c1. The van der Waals surface area contributed by atoms with E-state index >= 15 is 0 Å². The number of carbonyl (C=O) groups excluding carboxylic acids is 1. The summed E-state index contributed by atoms with van der Waals surface area (Å²) in [5.41, 5.74) is 4.35. The molecule has 128 valence electrons. The molecule has 0 bridgehead atoms. The van der Waals surface area contributed by atoms with Gasteiger partial charge in [0.15, 0.2) is 5.56 Å². The fraction of sp³-hybridized carbons (Fsp3) is 0.158. The number of rotatable bonds is 4. The van der Waals surface area contributed by atoms with Crippen molar-refractivity contribution in [3.05, 3.63) is 64.2 Å². The van der Waals surface area contributed by atoms with Crippen LogP contribution in [0.2, 0.25) is 5.02 Å². The highest BCUT2D eigenvalue weighted by molar-refractivity contribution is 6.30. The molecule has 0 aliphatic heterocycles. The predicted molar refractivity (Wildman–Crippen MR) is 97.5 cm³/mol. The lowest BCUT2D eigenvalue weighted by molar-refractivity contribution is 0.0602. The fourth-order valence-electron chi connectivity index (χ4n) is 2.65. The van der Waals surface area contributed by atoms with Crippen molar-refractivity contribution in [3.63, 3.8) is 0 Å². The first kappa shape index (κ1) is 17.0. The Morgan fingerprint density at radius 2 is 1.76 bits per heavy atom. The number of nitrogens with zero attached hydrogens (tertiary/aromatic N) is 1. The Hall–Kier alpha value is -2.79. The summed E-state index contributed by atoms with van der Waals surface area (Å²) >= 11 is 5.92. The van der Waals surface area contributed by atoms with Crippen LogP contribution >= 0.6 is 11.6 Å². The topological polar surface area (TPSA) is 64.4 Å². The van der Waals surface area contributed by atoms with E-state index in [9.17, 15) is 4.79 Å². The van der Waals surface area contributed by atoms with E-state index in [0.29, 0.717) is 16.3 Å². The Bertz CT molecular complexity index is 897. The standard InChI is InChI=1S/C19H17ClN2O3/c1-11-8-12(2)10-15(9-11)21-18-16(19(23)24-3)17(22-25-18)13-4-6-14(20)7-5-13/h4-10,21H,1-3H3. The fourth-order valence-corrected chi connectivity index (χ4v) is 2.78. The van der Waals surface area contributed by atoms with Crippen molar-refractivity contribution in [1.29, 1.82) is 0 Å². The van der Waals surface area contributed by atoms with Gasteiger partial charge in [-0.25, -0.2) is 4.79 Å². The summed E-state index contributed by atoms with van der Waals surface area (Å²) in [7, 11) is 1.32. The zero-order chi connectivity index (χ0) is 18.0. The van der Waals surface area contributed by atoms with Crippen LogP contribution in [0.1, 0.15) is 21.5 Å². The lowest BCUT2D eigenvalue weighted by Gasteiger charge is -2.07. The van der Waals surface area contributed by atoms with Gasteiger partial charge in [0, 0.05) is 16.3 Å². The molecule has 6 heteroatoms. The average Bonchev–Trinajstić information content (AvgIpc) is 2.97. The normalized spacial score (nSPS) is 10.6. The summed E-state index contributed by atoms with van der Waals surface area (Å²) in [6.45, 7) is 4.00. The van der Waals surface area contributed by atoms with Gasteiger partial charge in [-0.1, -0.05) is 35.0 Å². The number of carbonyl (C=O) groups is 1. The molecule has 2 aromatic carbocycles. The van der Waals surface area contributed by atoms with Crippen LogP contribution in [0.5, 0.6) is 0 Å². The number of methoxy groups -OCH3 is 1. The molecule has 3 aromatic rings. The van der Waals surface area contributed by atoms with Crippen molar-refractivity contribution in [2.75, 3.05) is 12.4 Å². The second kappa shape index (κ2) is 6.99. The van der Waals surface area contributed by atoms with Gasteiger partial charge in [-0.3, -0.25) is 0 Å². The molecule has 0 aliphatic rings. The van der Waals surface area contributed by atoms with Crippen molar-refractivity contribution in [1.82, 2.24) is 5.16 Å². The first-order valence-corrected chi connectivity index (χ1v) is 8.05. The number of anilines is 2. The average molecular weight is 357 g/mol. The number of aromatic nitrogens is 1. The van der Waals surface area contributed by atoms with Gasteiger partial charge in [-0.15, -0.1) is 0 Å². The Kier molecular flexibility index (Phi) is 4.76. The number of ether oxygens (including phenoxy) is 1. The van der Waals surface area contributed by atoms with Gasteiger partial charge >= 0.3 is 5.97 Å². The molecule has 5 nitrogen and oxygen atoms in total. The van der Waals surface area contributed by atoms with Gasteiger partial charge in [-0.2, -0.15) is 0 Å². The van der Waals surface area contributed by atoms with E-state index in [-0.39, 0.29) is 11.4 Å². The van der Waals surface area contributed by atoms with Gasteiger partial charge in [0.25, 0.3) is 0 Å². The maximum atomic E-state index is 12.3. The third-order valence-corrected chi connectivity index (χ3v) is 3.93. The minimum Gasteiger partial charge on any atom is -0.465 e. The molecular weight excluding hydrogens is 340 g/mol.